The van der Waals surface area contributed by atoms with Gasteiger partial charge in [0.15, 0.2) is 0 Å². The fourth-order valence-electron chi connectivity index (χ4n) is 0.928. The van der Waals surface area contributed by atoms with Crippen LogP contribution in [0.25, 0.3) is 0 Å². The van der Waals surface area contributed by atoms with Crippen molar-refractivity contribution in [1.82, 2.24) is 10.0 Å². The van der Waals surface area contributed by atoms with E-state index in [1.165, 1.54) is 20.9 Å². The summed E-state index contributed by atoms with van der Waals surface area (Å²) in [4.78, 5) is 33.3. The summed E-state index contributed by atoms with van der Waals surface area (Å²) >= 11 is 0. The molecular weight excluding hydrogens is 200 g/mol. The summed E-state index contributed by atoms with van der Waals surface area (Å²) in [6.07, 6.45) is 0. The van der Waals surface area contributed by atoms with E-state index in [1.54, 1.807) is 6.92 Å². The summed E-state index contributed by atoms with van der Waals surface area (Å²) in [6.45, 7) is 4.25. The molecule has 0 unspecified atom stereocenters. The first-order valence-electron chi connectivity index (χ1n) is 4.58. The molecule has 0 bridgehead atoms. The van der Waals surface area contributed by atoms with Crippen molar-refractivity contribution < 1.29 is 19.1 Å². The van der Waals surface area contributed by atoms with Gasteiger partial charge in [-0.25, -0.2) is 5.01 Å². The molecule has 0 aromatic heterocycles. The first-order valence-corrected chi connectivity index (χ1v) is 4.58. The van der Waals surface area contributed by atoms with E-state index in [9.17, 15) is 14.4 Å². The lowest BCUT2D eigenvalue weighted by Gasteiger charge is -2.28. The summed E-state index contributed by atoms with van der Waals surface area (Å²) in [6, 6.07) is 0. The van der Waals surface area contributed by atoms with Crippen molar-refractivity contribution in [2.24, 2.45) is 0 Å². The molecule has 0 fully saturated rings. The molecule has 0 aromatic rings. The number of hydrogen-bond acceptors (Lipinski definition) is 4. The Hall–Kier alpha value is -1.59. The van der Waals surface area contributed by atoms with Gasteiger partial charge < -0.3 is 4.74 Å². The van der Waals surface area contributed by atoms with Crippen LogP contribution in [-0.4, -0.2) is 48.0 Å². The fraction of sp³-hybridized carbons (Fsp3) is 0.667. The van der Waals surface area contributed by atoms with Crippen LogP contribution >= 0.6 is 0 Å². The van der Waals surface area contributed by atoms with E-state index < -0.39 is 5.97 Å². The highest BCUT2D eigenvalue weighted by Gasteiger charge is 2.20. The Kier molecular flexibility index (Phi) is 5.36. The maximum atomic E-state index is 11.2. The SMILES string of the molecule is CCOC(=O)CN(C(C)=O)N(C)C(C)=O. The summed E-state index contributed by atoms with van der Waals surface area (Å²) < 4.78 is 4.68. The van der Waals surface area contributed by atoms with Gasteiger partial charge in [0, 0.05) is 20.9 Å². The molecule has 0 aliphatic rings. The van der Waals surface area contributed by atoms with E-state index in [-0.39, 0.29) is 25.0 Å². The Morgan fingerprint density at radius 1 is 1.13 bits per heavy atom. The van der Waals surface area contributed by atoms with Crippen LogP contribution in [0.3, 0.4) is 0 Å². The third kappa shape index (κ3) is 4.44. The van der Waals surface area contributed by atoms with Gasteiger partial charge in [-0.3, -0.25) is 19.4 Å². The molecule has 0 saturated heterocycles. The highest BCUT2D eigenvalue weighted by molar-refractivity contribution is 5.83. The molecule has 0 radical (unpaired) electrons. The summed E-state index contributed by atoms with van der Waals surface area (Å²) in [7, 11) is 1.42. The Morgan fingerprint density at radius 2 is 1.67 bits per heavy atom. The van der Waals surface area contributed by atoms with E-state index in [0.29, 0.717) is 0 Å². The summed E-state index contributed by atoms with van der Waals surface area (Å²) in [5.41, 5.74) is 0. The largest absolute Gasteiger partial charge is 0.465 e. The van der Waals surface area contributed by atoms with E-state index in [2.05, 4.69) is 4.74 Å². The molecule has 6 nitrogen and oxygen atoms in total. The number of nitrogens with zero attached hydrogens (tertiary/aromatic N) is 2. The number of hydrazine groups is 1. The first-order chi connectivity index (χ1) is 6.90. The second-order valence-electron chi connectivity index (χ2n) is 2.92. The molecule has 0 aromatic carbocycles. The van der Waals surface area contributed by atoms with Crippen molar-refractivity contribution in [2.45, 2.75) is 20.8 Å². The topological polar surface area (TPSA) is 66.9 Å². The van der Waals surface area contributed by atoms with Gasteiger partial charge in [-0.05, 0) is 6.92 Å². The van der Waals surface area contributed by atoms with Crippen LogP contribution < -0.4 is 0 Å². The van der Waals surface area contributed by atoms with E-state index in [1.807, 2.05) is 0 Å². The van der Waals surface area contributed by atoms with E-state index in [0.717, 1.165) is 10.0 Å². The maximum Gasteiger partial charge on any atom is 0.327 e. The number of esters is 1. The van der Waals surface area contributed by atoms with Gasteiger partial charge in [-0.15, -0.1) is 0 Å². The van der Waals surface area contributed by atoms with Crippen molar-refractivity contribution in [3.8, 4) is 0 Å². The lowest BCUT2D eigenvalue weighted by atomic mass is 10.5. The van der Waals surface area contributed by atoms with Crippen molar-refractivity contribution in [2.75, 3.05) is 20.2 Å². The quantitative estimate of drug-likeness (QED) is 0.483. The number of carbonyl (C=O) groups is 3. The number of ether oxygens (including phenoxy) is 1. The van der Waals surface area contributed by atoms with Crippen LogP contribution in [0.15, 0.2) is 0 Å². The Labute approximate surface area is 88.7 Å². The lowest BCUT2D eigenvalue weighted by molar-refractivity contribution is -0.165. The van der Waals surface area contributed by atoms with Gasteiger partial charge in [0.2, 0.25) is 11.8 Å². The molecule has 0 heterocycles. The van der Waals surface area contributed by atoms with E-state index in [4.69, 9.17) is 0 Å². The molecule has 0 atom stereocenters. The van der Waals surface area contributed by atoms with Gasteiger partial charge in [0.25, 0.3) is 0 Å². The Bertz CT molecular complexity index is 265. The highest BCUT2D eigenvalue weighted by atomic mass is 16.5. The van der Waals surface area contributed by atoms with Crippen molar-refractivity contribution in [3.63, 3.8) is 0 Å². The molecule has 6 heteroatoms. The number of carbonyl (C=O) groups excluding carboxylic acids is 3. The van der Waals surface area contributed by atoms with Gasteiger partial charge in [0.1, 0.15) is 6.54 Å². The third-order valence-electron chi connectivity index (χ3n) is 1.77. The molecule has 86 valence electrons. The van der Waals surface area contributed by atoms with E-state index >= 15 is 0 Å². The number of rotatable bonds is 3. The molecular formula is C9H16N2O4. The fourth-order valence-corrected chi connectivity index (χ4v) is 0.928. The number of amides is 2. The molecule has 2 amide bonds. The van der Waals surface area contributed by atoms with Crippen molar-refractivity contribution in [3.05, 3.63) is 0 Å². The van der Waals surface area contributed by atoms with Crippen LogP contribution in [-0.2, 0) is 19.1 Å². The smallest absolute Gasteiger partial charge is 0.327 e. The van der Waals surface area contributed by atoms with Gasteiger partial charge in [-0.2, -0.15) is 0 Å². The Balaban J connectivity index is 4.48. The van der Waals surface area contributed by atoms with Crippen molar-refractivity contribution in [1.29, 1.82) is 0 Å². The van der Waals surface area contributed by atoms with Gasteiger partial charge in [-0.1, -0.05) is 0 Å². The molecule has 15 heavy (non-hydrogen) atoms. The molecule has 0 spiro atoms. The average Bonchev–Trinajstić information content (AvgIpc) is 2.13. The van der Waals surface area contributed by atoms with Gasteiger partial charge in [0.05, 0.1) is 6.61 Å². The minimum atomic E-state index is -0.541. The average molecular weight is 216 g/mol. The monoisotopic (exact) mass is 216 g/mol. The van der Waals surface area contributed by atoms with Crippen molar-refractivity contribution >= 4 is 17.8 Å². The molecule has 0 saturated carbocycles. The number of hydrogen-bond donors (Lipinski definition) is 0. The second-order valence-corrected chi connectivity index (χ2v) is 2.92. The predicted octanol–water partition coefficient (Wildman–Crippen LogP) is -0.209. The minimum Gasteiger partial charge on any atom is -0.465 e. The van der Waals surface area contributed by atoms with Crippen LogP contribution in [0.5, 0.6) is 0 Å². The zero-order valence-electron chi connectivity index (χ0n) is 9.44. The van der Waals surface area contributed by atoms with Crippen LogP contribution in [0, 0.1) is 0 Å². The standard InChI is InChI=1S/C9H16N2O4/c1-5-15-9(14)6-11(8(3)13)10(4)7(2)12/h5-6H2,1-4H3. The van der Waals surface area contributed by atoms with Crippen LogP contribution in [0.2, 0.25) is 0 Å². The van der Waals surface area contributed by atoms with Crippen LogP contribution in [0.4, 0.5) is 0 Å². The molecule has 0 N–H and O–H groups in total. The highest BCUT2D eigenvalue weighted by Crippen LogP contribution is 1.97. The zero-order valence-corrected chi connectivity index (χ0v) is 9.44. The minimum absolute atomic E-state index is 0.244. The maximum absolute atomic E-state index is 11.2. The lowest BCUT2D eigenvalue weighted by Crippen LogP contribution is -2.48. The molecule has 0 aliphatic heterocycles. The third-order valence-corrected chi connectivity index (χ3v) is 1.77. The molecule has 0 rings (SSSR count). The molecule has 0 aliphatic carbocycles. The van der Waals surface area contributed by atoms with Gasteiger partial charge >= 0.3 is 5.97 Å². The zero-order chi connectivity index (χ0) is 12.0. The Morgan fingerprint density at radius 3 is 2.00 bits per heavy atom. The van der Waals surface area contributed by atoms with Crippen LogP contribution in [0.1, 0.15) is 20.8 Å². The normalized spacial score (nSPS) is 9.33. The summed E-state index contributed by atoms with van der Waals surface area (Å²) in [5.74, 6) is -1.25. The second kappa shape index (κ2) is 6.00. The first kappa shape index (κ1) is 13.4. The summed E-state index contributed by atoms with van der Waals surface area (Å²) in [5, 5.41) is 2.11. The predicted molar refractivity (Wildman–Crippen MR) is 52.5 cm³/mol.